The second kappa shape index (κ2) is 6.37. The van der Waals surface area contributed by atoms with Crippen LogP contribution in [0.1, 0.15) is 16.5 Å². The van der Waals surface area contributed by atoms with E-state index in [0.717, 1.165) is 52.7 Å². The topological polar surface area (TPSA) is 54.5 Å². The zero-order valence-corrected chi connectivity index (χ0v) is 15.1. The maximum Gasteiger partial charge on any atom is 0.321 e. The molecule has 2 aliphatic rings. The highest BCUT2D eigenvalue weighted by Gasteiger charge is 2.32. The first kappa shape index (κ1) is 15.8. The molecule has 1 N–H and O–H groups in total. The minimum absolute atomic E-state index is 0.200. The number of hydrogen-bond acceptors (Lipinski definition) is 6. The zero-order chi connectivity index (χ0) is 17.5. The van der Waals surface area contributed by atoms with Crippen molar-refractivity contribution in [1.29, 1.82) is 0 Å². The van der Waals surface area contributed by atoms with E-state index in [1.54, 1.807) is 11.3 Å². The number of carbonyl (C=O) groups is 1. The molecular weight excluding hydrogens is 346 g/mol. The van der Waals surface area contributed by atoms with Crippen molar-refractivity contribution in [3.05, 3.63) is 53.0 Å². The molecule has 1 aromatic heterocycles. The molecule has 132 valence electrons. The summed E-state index contributed by atoms with van der Waals surface area (Å²) in [5, 5.41) is 4.20. The Hall–Kier alpha value is -2.44. The molecule has 2 aliphatic heterocycles. The first-order valence-corrected chi connectivity index (χ1v) is 9.75. The molecule has 3 aromatic rings. The number of nitrogens with one attached hydrogen (secondary N) is 1. The van der Waals surface area contributed by atoms with E-state index in [-0.39, 0.29) is 11.9 Å². The van der Waals surface area contributed by atoms with Crippen molar-refractivity contribution in [3.63, 3.8) is 0 Å². The van der Waals surface area contributed by atoms with Crippen molar-refractivity contribution in [2.24, 2.45) is 0 Å². The summed E-state index contributed by atoms with van der Waals surface area (Å²) in [6, 6.07) is 14.2. The van der Waals surface area contributed by atoms with Gasteiger partial charge in [-0.1, -0.05) is 18.2 Å². The minimum Gasteiger partial charge on any atom is -0.426 e. The fourth-order valence-corrected chi connectivity index (χ4v) is 4.69. The predicted molar refractivity (Wildman–Crippen MR) is 103 cm³/mol. The molecular formula is C20H19N3O2S. The molecule has 1 saturated heterocycles. The Morgan fingerprint density at radius 2 is 2.00 bits per heavy atom. The van der Waals surface area contributed by atoms with Crippen molar-refractivity contribution >= 4 is 33.2 Å². The first-order valence-electron chi connectivity index (χ1n) is 8.94. The summed E-state index contributed by atoms with van der Waals surface area (Å²) in [5.41, 5.74) is 3.14. The van der Waals surface area contributed by atoms with Crippen LogP contribution in [0.15, 0.2) is 42.5 Å². The molecule has 0 bridgehead atoms. The molecule has 0 radical (unpaired) electrons. The van der Waals surface area contributed by atoms with Crippen LogP contribution in [0, 0.1) is 0 Å². The van der Waals surface area contributed by atoms with Crippen molar-refractivity contribution in [2.45, 2.75) is 12.3 Å². The molecule has 1 fully saturated rings. The van der Waals surface area contributed by atoms with Gasteiger partial charge in [0.15, 0.2) is 0 Å². The van der Waals surface area contributed by atoms with E-state index in [0.29, 0.717) is 12.2 Å². The Balaban J connectivity index is 1.44. The third-order valence-corrected chi connectivity index (χ3v) is 6.21. The fourth-order valence-electron chi connectivity index (χ4n) is 3.64. The van der Waals surface area contributed by atoms with Gasteiger partial charge in [-0.15, -0.1) is 11.3 Å². The van der Waals surface area contributed by atoms with Gasteiger partial charge in [0.05, 0.1) is 10.2 Å². The molecule has 0 aliphatic carbocycles. The molecule has 0 saturated carbocycles. The van der Waals surface area contributed by atoms with E-state index in [4.69, 9.17) is 4.74 Å². The lowest BCUT2D eigenvalue weighted by Crippen LogP contribution is -2.43. The van der Waals surface area contributed by atoms with Gasteiger partial charge in [-0.25, -0.2) is 4.98 Å². The van der Waals surface area contributed by atoms with Gasteiger partial charge in [0.2, 0.25) is 0 Å². The molecule has 0 spiro atoms. The summed E-state index contributed by atoms with van der Waals surface area (Å²) in [5.74, 6) is 0.183. The minimum atomic E-state index is -0.315. The van der Waals surface area contributed by atoms with Crippen LogP contribution in [0.25, 0.3) is 10.2 Å². The monoisotopic (exact) mass is 365 g/mol. The predicted octanol–water partition coefficient (Wildman–Crippen LogP) is 2.95. The Morgan fingerprint density at radius 3 is 2.85 bits per heavy atom. The molecule has 0 amide bonds. The van der Waals surface area contributed by atoms with Crippen LogP contribution in [0.2, 0.25) is 0 Å². The smallest absolute Gasteiger partial charge is 0.321 e. The molecule has 3 heterocycles. The zero-order valence-electron chi connectivity index (χ0n) is 14.3. The highest BCUT2D eigenvalue weighted by atomic mass is 32.1. The fraction of sp³-hybridized carbons (Fsp3) is 0.300. The Kier molecular flexibility index (Phi) is 3.87. The van der Waals surface area contributed by atoms with Gasteiger partial charge < -0.3 is 15.0 Å². The summed E-state index contributed by atoms with van der Waals surface area (Å²) in [6.45, 7) is 3.91. The van der Waals surface area contributed by atoms with E-state index in [2.05, 4.69) is 27.3 Å². The molecule has 5 rings (SSSR count). The SMILES string of the molecule is O=C1Oc2cc(N3CCNCC3)ccc2CC1c1nc2ccccc2s1. The highest BCUT2D eigenvalue weighted by Crippen LogP contribution is 2.38. The van der Waals surface area contributed by atoms with Gasteiger partial charge >= 0.3 is 5.97 Å². The number of fused-ring (bicyclic) bond motifs is 2. The average Bonchev–Trinajstić information content (AvgIpc) is 3.11. The maximum atomic E-state index is 12.6. The standard InChI is InChI=1S/C20H19N3O2S/c24-20-15(19-22-16-3-1-2-4-18(16)26-19)11-13-5-6-14(12-17(13)25-20)23-9-7-21-8-10-23/h1-6,12,15,21H,7-11H2. The Morgan fingerprint density at radius 1 is 1.15 bits per heavy atom. The number of carbonyl (C=O) groups excluding carboxylic acids is 1. The second-order valence-electron chi connectivity index (χ2n) is 6.73. The van der Waals surface area contributed by atoms with Gasteiger partial charge in [-0.2, -0.15) is 0 Å². The molecule has 26 heavy (non-hydrogen) atoms. The van der Waals surface area contributed by atoms with Crippen molar-refractivity contribution in [2.75, 3.05) is 31.1 Å². The molecule has 6 heteroatoms. The second-order valence-corrected chi connectivity index (χ2v) is 7.79. The van der Waals surface area contributed by atoms with Crippen LogP contribution in [0.5, 0.6) is 5.75 Å². The molecule has 1 unspecified atom stereocenters. The number of hydrogen-bond donors (Lipinski definition) is 1. The third-order valence-electron chi connectivity index (χ3n) is 5.06. The van der Waals surface area contributed by atoms with E-state index in [1.165, 1.54) is 0 Å². The summed E-state index contributed by atoms with van der Waals surface area (Å²) in [4.78, 5) is 19.6. The quantitative estimate of drug-likeness (QED) is 0.559. The lowest BCUT2D eigenvalue weighted by atomic mass is 9.96. The summed E-state index contributed by atoms with van der Waals surface area (Å²) in [6.07, 6.45) is 0.649. The Labute approximate surface area is 155 Å². The first-order chi connectivity index (χ1) is 12.8. The number of thiazole rings is 1. The van der Waals surface area contributed by atoms with Crippen LogP contribution in [0.3, 0.4) is 0 Å². The van der Waals surface area contributed by atoms with E-state index in [1.807, 2.05) is 30.3 Å². The van der Waals surface area contributed by atoms with Gasteiger partial charge in [0, 0.05) is 37.9 Å². The summed E-state index contributed by atoms with van der Waals surface area (Å²) >= 11 is 1.58. The number of aromatic nitrogens is 1. The van der Waals surface area contributed by atoms with Crippen molar-refractivity contribution in [1.82, 2.24) is 10.3 Å². The largest absolute Gasteiger partial charge is 0.426 e. The lowest BCUT2D eigenvalue weighted by Gasteiger charge is -2.31. The van der Waals surface area contributed by atoms with Crippen LogP contribution in [0.4, 0.5) is 5.69 Å². The van der Waals surface area contributed by atoms with Crippen LogP contribution in [-0.2, 0) is 11.2 Å². The Bertz CT molecular complexity index is 945. The lowest BCUT2D eigenvalue weighted by molar-refractivity contribution is -0.137. The summed E-state index contributed by atoms with van der Waals surface area (Å²) in [7, 11) is 0. The number of piperazine rings is 1. The maximum absolute atomic E-state index is 12.6. The number of esters is 1. The van der Waals surface area contributed by atoms with Crippen LogP contribution >= 0.6 is 11.3 Å². The number of para-hydroxylation sites is 1. The normalized spacial score (nSPS) is 20.1. The summed E-state index contributed by atoms with van der Waals surface area (Å²) < 4.78 is 6.82. The van der Waals surface area contributed by atoms with Crippen LogP contribution in [-0.4, -0.2) is 37.1 Å². The van der Waals surface area contributed by atoms with Gasteiger partial charge in [-0.3, -0.25) is 4.79 Å². The van der Waals surface area contributed by atoms with E-state index in [9.17, 15) is 4.79 Å². The molecule has 5 nitrogen and oxygen atoms in total. The van der Waals surface area contributed by atoms with Crippen molar-refractivity contribution < 1.29 is 9.53 Å². The number of benzene rings is 2. The molecule has 1 atom stereocenters. The highest BCUT2D eigenvalue weighted by molar-refractivity contribution is 7.18. The number of ether oxygens (including phenoxy) is 1. The number of anilines is 1. The average molecular weight is 365 g/mol. The molecule has 2 aromatic carbocycles. The van der Waals surface area contributed by atoms with Gasteiger partial charge in [0.25, 0.3) is 0 Å². The van der Waals surface area contributed by atoms with Crippen LogP contribution < -0.4 is 15.0 Å². The van der Waals surface area contributed by atoms with Gasteiger partial charge in [-0.05, 0) is 30.2 Å². The van der Waals surface area contributed by atoms with Crippen molar-refractivity contribution in [3.8, 4) is 5.75 Å². The number of nitrogens with zero attached hydrogens (tertiary/aromatic N) is 2. The van der Waals surface area contributed by atoms with E-state index < -0.39 is 0 Å². The third kappa shape index (κ3) is 2.75. The van der Waals surface area contributed by atoms with Gasteiger partial charge in [0.1, 0.15) is 16.7 Å². The number of rotatable bonds is 2. The van der Waals surface area contributed by atoms with E-state index >= 15 is 0 Å².